The molecule has 2 aliphatic carbocycles. The molecule has 0 saturated heterocycles. The molecule has 2 saturated carbocycles. The summed E-state index contributed by atoms with van der Waals surface area (Å²) in [5.74, 6) is 1.15. The van der Waals surface area contributed by atoms with Crippen LogP contribution in [-0.4, -0.2) is 22.9 Å². The standard InChI is InChI=1S/C14H20N2O2/c15-13-8-12(13)14(17)16(10-4-1-2-5-10)9-11-6-3-7-18-11/h3,6-7,10,12-13H,1-2,4-5,8-9,15H2. The molecule has 98 valence electrons. The normalized spacial score (nSPS) is 27.4. The van der Waals surface area contributed by atoms with Crippen LogP contribution in [0.2, 0.25) is 0 Å². The van der Waals surface area contributed by atoms with Crippen molar-refractivity contribution in [1.82, 2.24) is 4.90 Å². The number of carbonyl (C=O) groups is 1. The Morgan fingerprint density at radius 2 is 2.17 bits per heavy atom. The fraction of sp³-hybridized carbons (Fsp3) is 0.643. The van der Waals surface area contributed by atoms with Crippen molar-refractivity contribution in [3.8, 4) is 0 Å². The second-order valence-corrected chi connectivity index (χ2v) is 5.49. The van der Waals surface area contributed by atoms with E-state index in [1.807, 2.05) is 17.0 Å². The van der Waals surface area contributed by atoms with Crippen molar-refractivity contribution < 1.29 is 9.21 Å². The maximum absolute atomic E-state index is 12.4. The van der Waals surface area contributed by atoms with Crippen LogP contribution in [0.5, 0.6) is 0 Å². The van der Waals surface area contributed by atoms with Gasteiger partial charge in [-0.05, 0) is 31.4 Å². The molecule has 4 nitrogen and oxygen atoms in total. The Morgan fingerprint density at radius 1 is 1.44 bits per heavy atom. The number of amides is 1. The molecule has 0 aromatic carbocycles. The molecular weight excluding hydrogens is 228 g/mol. The molecule has 2 N–H and O–H groups in total. The van der Waals surface area contributed by atoms with Crippen LogP contribution in [0.25, 0.3) is 0 Å². The third-order valence-corrected chi connectivity index (χ3v) is 4.11. The molecule has 4 heteroatoms. The molecule has 0 radical (unpaired) electrons. The average molecular weight is 248 g/mol. The summed E-state index contributed by atoms with van der Waals surface area (Å²) in [6.07, 6.45) is 7.20. The second kappa shape index (κ2) is 4.76. The first-order valence-electron chi connectivity index (χ1n) is 6.84. The Hall–Kier alpha value is -1.29. The number of furan rings is 1. The molecule has 1 heterocycles. The monoisotopic (exact) mass is 248 g/mol. The predicted octanol–water partition coefficient (Wildman–Crippen LogP) is 1.90. The lowest BCUT2D eigenvalue weighted by molar-refractivity contribution is -0.136. The summed E-state index contributed by atoms with van der Waals surface area (Å²) in [4.78, 5) is 14.4. The van der Waals surface area contributed by atoms with E-state index in [1.54, 1.807) is 6.26 Å². The zero-order chi connectivity index (χ0) is 12.5. The molecule has 0 spiro atoms. The summed E-state index contributed by atoms with van der Waals surface area (Å²) in [6.45, 7) is 0.597. The van der Waals surface area contributed by atoms with Gasteiger partial charge in [-0.25, -0.2) is 0 Å². The van der Waals surface area contributed by atoms with E-state index in [2.05, 4.69) is 0 Å². The van der Waals surface area contributed by atoms with Gasteiger partial charge in [-0.2, -0.15) is 0 Å². The molecule has 18 heavy (non-hydrogen) atoms. The van der Waals surface area contributed by atoms with Gasteiger partial charge in [0.15, 0.2) is 0 Å². The molecular formula is C14H20N2O2. The summed E-state index contributed by atoms with van der Waals surface area (Å²) >= 11 is 0. The van der Waals surface area contributed by atoms with E-state index in [4.69, 9.17) is 10.2 Å². The minimum atomic E-state index is 0.0561. The van der Waals surface area contributed by atoms with E-state index in [9.17, 15) is 4.79 Å². The third-order valence-electron chi connectivity index (χ3n) is 4.11. The van der Waals surface area contributed by atoms with E-state index in [-0.39, 0.29) is 17.9 Å². The predicted molar refractivity (Wildman–Crippen MR) is 67.6 cm³/mol. The number of nitrogens with zero attached hydrogens (tertiary/aromatic N) is 1. The van der Waals surface area contributed by atoms with E-state index in [1.165, 1.54) is 12.8 Å². The molecule has 3 rings (SSSR count). The van der Waals surface area contributed by atoms with Gasteiger partial charge in [0.1, 0.15) is 5.76 Å². The largest absolute Gasteiger partial charge is 0.467 e. The zero-order valence-electron chi connectivity index (χ0n) is 10.5. The minimum absolute atomic E-state index is 0.0561. The van der Waals surface area contributed by atoms with Crippen LogP contribution in [0.3, 0.4) is 0 Å². The first kappa shape index (κ1) is 11.8. The zero-order valence-corrected chi connectivity index (χ0v) is 10.5. The lowest BCUT2D eigenvalue weighted by Crippen LogP contribution is -2.40. The number of rotatable bonds is 4. The Kier molecular flexibility index (Phi) is 3.12. The first-order chi connectivity index (χ1) is 8.75. The summed E-state index contributed by atoms with van der Waals surface area (Å²) in [5.41, 5.74) is 5.81. The maximum atomic E-state index is 12.4. The average Bonchev–Trinajstić information content (AvgIpc) is 2.83. The van der Waals surface area contributed by atoms with Crippen LogP contribution < -0.4 is 5.73 Å². The molecule has 0 aliphatic heterocycles. The summed E-state index contributed by atoms with van der Waals surface area (Å²) < 4.78 is 5.38. The van der Waals surface area contributed by atoms with Gasteiger partial charge in [-0.15, -0.1) is 0 Å². The fourth-order valence-electron chi connectivity index (χ4n) is 2.88. The van der Waals surface area contributed by atoms with Crippen molar-refractivity contribution >= 4 is 5.91 Å². The van der Waals surface area contributed by atoms with E-state index >= 15 is 0 Å². The van der Waals surface area contributed by atoms with Crippen molar-refractivity contribution in [3.05, 3.63) is 24.2 Å². The number of hydrogen-bond donors (Lipinski definition) is 1. The second-order valence-electron chi connectivity index (χ2n) is 5.49. The van der Waals surface area contributed by atoms with Crippen molar-refractivity contribution in [1.29, 1.82) is 0 Å². The van der Waals surface area contributed by atoms with Gasteiger partial charge in [0, 0.05) is 12.1 Å². The molecule has 0 bridgehead atoms. The Bertz CT molecular complexity index is 409. The first-order valence-corrected chi connectivity index (χ1v) is 6.84. The number of carbonyl (C=O) groups excluding carboxylic acids is 1. The maximum Gasteiger partial charge on any atom is 0.227 e. The molecule has 1 aromatic heterocycles. The van der Waals surface area contributed by atoms with Crippen molar-refractivity contribution in [2.45, 2.75) is 50.7 Å². The van der Waals surface area contributed by atoms with E-state index in [0.717, 1.165) is 25.0 Å². The lowest BCUT2D eigenvalue weighted by Gasteiger charge is -2.28. The highest BCUT2D eigenvalue weighted by atomic mass is 16.3. The highest BCUT2D eigenvalue weighted by molar-refractivity contribution is 5.82. The van der Waals surface area contributed by atoms with Gasteiger partial charge in [-0.3, -0.25) is 4.79 Å². The quantitative estimate of drug-likeness (QED) is 0.885. The Balaban J connectivity index is 1.72. The van der Waals surface area contributed by atoms with E-state index in [0.29, 0.717) is 12.6 Å². The van der Waals surface area contributed by atoms with Crippen LogP contribution >= 0.6 is 0 Å². The third kappa shape index (κ3) is 2.29. The topological polar surface area (TPSA) is 59.5 Å². The number of nitrogens with two attached hydrogens (primary N) is 1. The van der Waals surface area contributed by atoms with Crippen LogP contribution in [0.15, 0.2) is 22.8 Å². The van der Waals surface area contributed by atoms with E-state index < -0.39 is 0 Å². The highest BCUT2D eigenvalue weighted by Gasteiger charge is 2.44. The highest BCUT2D eigenvalue weighted by Crippen LogP contribution is 2.34. The Labute approximate surface area is 107 Å². The SMILES string of the molecule is NC1CC1C(=O)N(Cc1ccco1)C1CCCC1. The van der Waals surface area contributed by atoms with Gasteiger partial charge in [0.2, 0.25) is 5.91 Å². The summed E-state index contributed by atoms with van der Waals surface area (Å²) in [6, 6.07) is 4.27. The van der Waals surface area contributed by atoms with Gasteiger partial charge in [0.25, 0.3) is 0 Å². The van der Waals surface area contributed by atoms with Crippen molar-refractivity contribution in [3.63, 3.8) is 0 Å². The number of hydrogen-bond acceptors (Lipinski definition) is 3. The lowest BCUT2D eigenvalue weighted by atomic mass is 10.1. The van der Waals surface area contributed by atoms with Crippen LogP contribution in [0.1, 0.15) is 37.9 Å². The van der Waals surface area contributed by atoms with Crippen molar-refractivity contribution in [2.24, 2.45) is 11.7 Å². The summed E-state index contributed by atoms with van der Waals surface area (Å²) in [5, 5.41) is 0. The van der Waals surface area contributed by atoms with Gasteiger partial charge in [0.05, 0.1) is 18.7 Å². The van der Waals surface area contributed by atoms with Gasteiger partial charge in [-0.1, -0.05) is 12.8 Å². The molecule has 2 unspecified atom stereocenters. The minimum Gasteiger partial charge on any atom is -0.467 e. The molecule has 2 fully saturated rings. The van der Waals surface area contributed by atoms with Gasteiger partial charge >= 0.3 is 0 Å². The smallest absolute Gasteiger partial charge is 0.227 e. The van der Waals surface area contributed by atoms with Crippen LogP contribution in [0, 0.1) is 5.92 Å². The summed E-state index contributed by atoms with van der Waals surface area (Å²) in [7, 11) is 0. The molecule has 2 aliphatic rings. The molecule has 1 amide bonds. The van der Waals surface area contributed by atoms with Crippen molar-refractivity contribution in [2.75, 3.05) is 0 Å². The fourth-order valence-corrected chi connectivity index (χ4v) is 2.88. The Morgan fingerprint density at radius 3 is 2.72 bits per heavy atom. The van der Waals surface area contributed by atoms with Crippen LogP contribution in [0.4, 0.5) is 0 Å². The van der Waals surface area contributed by atoms with Crippen LogP contribution in [-0.2, 0) is 11.3 Å². The molecule has 2 atom stereocenters. The van der Waals surface area contributed by atoms with Gasteiger partial charge < -0.3 is 15.1 Å². The molecule has 1 aromatic rings.